The molecule has 1 aromatic rings. The van der Waals surface area contributed by atoms with E-state index < -0.39 is 23.9 Å². The van der Waals surface area contributed by atoms with Gasteiger partial charge >= 0.3 is 11.9 Å². The average molecular weight is 383 g/mol. The van der Waals surface area contributed by atoms with Gasteiger partial charge in [0.1, 0.15) is 6.04 Å². The Kier molecular flexibility index (Phi) is 5.54. The third-order valence-corrected chi connectivity index (χ3v) is 3.87. The molecular formula is C10H10INO5S. The van der Waals surface area contributed by atoms with Crippen LogP contribution in [0.25, 0.3) is 0 Å². The lowest BCUT2D eigenvalue weighted by atomic mass is 10.1. The molecule has 1 atom stereocenters. The van der Waals surface area contributed by atoms with E-state index in [0.717, 1.165) is 2.88 Å². The van der Waals surface area contributed by atoms with Gasteiger partial charge in [-0.05, 0) is 35.1 Å². The Morgan fingerprint density at radius 1 is 1.39 bits per heavy atom. The normalized spacial score (nSPS) is 11.8. The maximum absolute atomic E-state index is 11.7. The molecule has 0 aliphatic rings. The zero-order valence-corrected chi connectivity index (χ0v) is 12.0. The van der Waals surface area contributed by atoms with Crippen LogP contribution in [0.5, 0.6) is 0 Å². The summed E-state index contributed by atoms with van der Waals surface area (Å²) in [4.78, 5) is 33.0. The number of carboxylic acid groups (broad SMARTS) is 2. The van der Waals surface area contributed by atoms with Gasteiger partial charge in [0.05, 0.1) is 8.45 Å². The van der Waals surface area contributed by atoms with Crippen LogP contribution in [0.3, 0.4) is 0 Å². The van der Waals surface area contributed by atoms with Crippen molar-refractivity contribution < 1.29 is 24.6 Å². The Hall–Kier alpha value is -1.16. The van der Waals surface area contributed by atoms with Crippen molar-refractivity contribution in [1.82, 2.24) is 5.32 Å². The molecule has 6 nitrogen and oxygen atoms in total. The minimum absolute atomic E-state index is 0.141. The molecule has 0 bridgehead atoms. The Morgan fingerprint density at radius 2 is 2.06 bits per heavy atom. The number of aliphatic carboxylic acids is 2. The van der Waals surface area contributed by atoms with Crippen LogP contribution >= 0.6 is 33.9 Å². The summed E-state index contributed by atoms with van der Waals surface area (Å²) < 4.78 is 0.912. The van der Waals surface area contributed by atoms with Crippen molar-refractivity contribution in [3.63, 3.8) is 0 Å². The van der Waals surface area contributed by atoms with E-state index in [1.54, 1.807) is 11.4 Å². The van der Waals surface area contributed by atoms with Crippen LogP contribution in [0.15, 0.2) is 11.4 Å². The number of halogens is 1. The Balaban J connectivity index is 2.63. The van der Waals surface area contributed by atoms with Crippen LogP contribution in [-0.4, -0.2) is 34.1 Å². The highest BCUT2D eigenvalue weighted by Crippen LogP contribution is 2.16. The third-order valence-electron chi connectivity index (χ3n) is 2.08. The lowest BCUT2D eigenvalue weighted by Gasteiger charge is -2.12. The van der Waals surface area contributed by atoms with Gasteiger partial charge in [-0.15, -0.1) is 11.3 Å². The fourth-order valence-electron chi connectivity index (χ4n) is 1.20. The minimum atomic E-state index is -1.24. The van der Waals surface area contributed by atoms with Gasteiger partial charge in [-0.25, -0.2) is 4.79 Å². The van der Waals surface area contributed by atoms with Crippen LogP contribution < -0.4 is 5.32 Å². The molecule has 8 heteroatoms. The van der Waals surface area contributed by atoms with E-state index in [1.165, 1.54) is 11.3 Å². The zero-order valence-electron chi connectivity index (χ0n) is 9.05. The SMILES string of the molecule is O=C(O)CCC(NC(=O)c1csc(I)c1)C(=O)O. The molecule has 1 heterocycles. The van der Waals surface area contributed by atoms with E-state index in [0.29, 0.717) is 5.56 Å². The monoisotopic (exact) mass is 383 g/mol. The standard InChI is InChI=1S/C10H10INO5S/c11-7-3-5(4-18-7)9(15)12-6(10(16)17)1-2-8(13)14/h3-4,6H,1-2H2,(H,12,15)(H,13,14)(H,16,17). The Bertz CT molecular complexity index is 473. The van der Waals surface area contributed by atoms with Gasteiger partial charge in [0, 0.05) is 11.8 Å². The molecule has 1 unspecified atom stereocenters. The lowest BCUT2D eigenvalue weighted by molar-refractivity contribution is -0.140. The highest BCUT2D eigenvalue weighted by atomic mass is 127. The molecular weight excluding hydrogens is 373 g/mol. The first-order valence-electron chi connectivity index (χ1n) is 4.89. The summed E-state index contributed by atoms with van der Waals surface area (Å²) in [5.74, 6) is -2.85. The average Bonchev–Trinajstić information content (AvgIpc) is 2.70. The van der Waals surface area contributed by atoms with Crippen molar-refractivity contribution in [2.24, 2.45) is 0 Å². The summed E-state index contributed by atoms with van der Waals surface area (Å²) in [5, 5.41) is 21.3. The number of carbonyl (C=O) groups excluding carboxylic acids is 1. The first-order chi connectivity index (χ1) is 8.40. The third kappa shape index (κ3) is 4.61. The molecule has 0 saturated carbocycles. The largest absolute Gasteiger partial charge is 0.481 e. The van der Waals surface area contributed by atoms with Gasteiger partial charge in [-0.2, -0.15) is 0 Å². The fraction of sp³-hybridized carbons (Fsp3) is 0.300. The summed E-state index contributed by atoms with van der Waals surface area (Å²) in [7, 11) is 0. The second-order valence-electron chi connectivity index (χ2n) is 3.44. The number of carboxylic acids is 2. The highest BCUT2D eigenvalue weighted by Gasteiger charge is 2.21. The molecule has 0 aliphatic carbocycles. The van der Waals surface area contributed by atoms with E-state index >= 15 is 0 Å². The summed E-state index contributed by atoms with van der Waals surface area (Å²) in [6.07, 6.45) is -0.448. The molecule has 1 aromatic heterocycles. The summed E-state index contributed by atoms with van der Waals surface area (Å²) in [6.45, 7) is 0. The topological polar surface area (TPSA) is 104 Å². The van der Waals surface area contributed by atoms with E-state index in [2.05, 4.69) is 27.9 Å². The lowest BCUT2D eigenvalue weighted by Crippen LogP contribution is -2.40. The first kappa shape index (κ1) is 14.9. The Labute approximate surface area is 120 Å². The molecule has 3 N–H and O–H groups in total. The van der Waals surface area contributed by atoms with E-state index in [9.17, 15) is 14.4 Å². The molecule has 0 aromatic carbocycles. The molecule has 0 spiro atoms. The predicted molar refractivity (Wildman–Crippen MR) is 72.8 cm³/mol. The molecule has 0 aliphatic heterocycles. The molecule has 0 fully saturated rings. The van der Waals surface area contributed by atoms with Crippen LogP contribution in [-0.2, 0) is 9.59 Å². The number of nitrogens with one attached hydrogen (secondary N) is 1. The second-order valence-corrected chi connectivity index (χ2v) is 6.24. The van der Waals surface area contributed by atoms with Crippen molar-refractivity contribution in [2.75, 3.05) is 0 Å². The number of thiophene rings is 1. The minimum Gasteiger partial charge on any atom is -0.481 e. The van der Waals surface area contributed by atoms with Gasteiger partial charge in [0.15, 0.2) is 0 Å². The number of hydrogen-bond donors (Lipinski definition) is 3. The number of rotatable bonds is 6. The first-order valence-corrected chi connectivity index (χ1v) is 6.85. The summed E-state index contributed by atoms with van der Waals surface area (Å²) in [5.41, 5.74) is 0.381. The molecule has 0 saturated heterocycles. The number of amides is 1. The van der Waals surface area contributed by atoms with Crippen molar-refractivity contribution >= 4 is 51.8 Å². The van der Waals surface area contributed by atoms with Crippen LogP contribution in [0.2, 0.25) is 0 Å². The number of hydrogen-bond acceptors (Lipinski definition) is 4. The molecule has 98 valence electrons. The van der Waals surface area contributed by atoms with Gasteiger partial charge in [-0.1, -0.05) is 0 Å². The van der Waals surface area contributed by atoms with Crippen molar-refractivity contribution in [3.05, 3.63) is 19.9 Å². The maximum atomic E-state index is 11.7. The van der Waals surface area contributed by atoms with Crippen molar-refractivity contribution in [1.29, 1.82) is 0 Å². The van der Waals surface area contributed by atoms with Crippen LogP contribution in [0.4, 0.5) is 0 Å². The maximum Gasteiger partial charge on any atom is 0.326 e. The van der Waals surface area contributed by atoms with Gasteiger partial charge < -0.3 is 15.5 Å². The second kappa shape index (κ2) is 6.69. The highest BCUT2D eigenvalue weighted by molar-refractivity contribution is 14.1. The van der Waals surface area contributed by atoms with Crippen molar-refractivity contribution in [2.45, 2.75) is 18.9 Å². The van der Waals surface area contributed by atoms with Gasteiger partial charge in [0.25, 0.3) is 5.91 Å². The predicted octanol–water partition coefficient (Wildman–Crippen LogP) is 1.40. The van der Waals surface area contributed by atoms with E-state index in [1.807, 2.05) is 0 Å². The summed E-state index contributed by atoms with van der Waals surface area (Å²) in [6, 6.07) is 0.447. The van der Waals surface area contributed by atoms with Crippen LogP contribution in [0, 0.1) is 2.88 Å². The van der Waals surface area contributed by atoms with Crippen LogP contribution in [0.1, 0.15) is 23.2 Å². The molecule has 1 rings (SSSR count). The fourth-order valence-corrected chi connectivity index (χ4v) is 2.52. The van der Waals surface area contributed by atoms with Gasteiger partial charge in [-0.3, -0.25) is 9.59 Å². The molecule has 18 heavy (non-hydrogen) atoms. The Morgan fingerprint density at radius 3 is 2.50 bits per heavy atom. The smallest absolute Gasteiger partial charge is 0.326 e. The van der Waals surface area contributed by atoms with E-state index in [4.69, 9.17) is 10.2 Å². The van der Waals surface area contributed by atoms with E-state index in [-0.39, 0.29) is 12.8 Å². The quantitative estimate of drug-likeness (QED) is 0.645. The molecule has 1 amide bonds. The summed E-state index contributed by atoms with van der Waals surface area (Å²) >= 11 is 3.42. The zero-order chi connectivity index (χ0) is 13.7. The number of carbonyl (C=O) groups is 3. The van der Waals surface area contributed by atoms with Gasteiger partial charge in [0.2, 0.25) is 0 Å². The molecule has 0 radical (unpaired) electrons. The van der Waals surface area contributed by atoms with Crippen molar-refractivity contribution in [3.8, 4) is 0 Å².